The van der Waals surface area contributed by atoms with Gasteiger partial charge < -0.3 is 10.2 Å². The van der Waals surface area contributed by atoms with E-state index in [0.717, 1.165) is 17.8 Å². The van der Waals surface area contributed by atoms with E-state index in [2.05, 4.69) is 31.2 Å². The van der Waals surface area contributed by atoms with Crippen molar-refractivity contribution in [2.75, 3.05) is 0 Å². The SMILES string of the molecule is CCc1ccc2cc(C)oc2c1.NC1CCC1. The van der Waals surface area contributed by atoms with Crippen LogP contribution >= 0.6 is 0 Å². The standard InChI is InChI=1S/C11H12O.C4H9N/c1-3-9-4-5-10-6-8(2)12-11(10)7-9;5-4-2-1-3-4/h4-7H,3H2,1-2H3;4H,1-3,5H2. The number of hydrogen-bond donors (Lipinski definition) is 1. The van der Waals surface area contributed by atoms with Crippen molar-refractivity contribution in [3.8, 4) is 0 Å². The van der Waals surface area contributed by atoms with Gasteiger partial charge in [0, 0.05) is 11.4 Å². The predicted octanol–water partition coefficient (Wildman–Crippen LogP) is 3.80. The summed E-state index contributed by atoms with van der Waals surface area (Å²) >= 11 is 0. The number of rotatable bonds is 1. The Kier molecular flexibility index (Phi) is 3.85. The molecule has 0 unspecified atom stereocenters. The molecule has 1 saturated carbocycles. The highest BCUT2D eigenvalue weighted by molar-refractivity contribution is 5.78. The molecule has 0 radical (unpaired) electrons. The zero-order valence-corrected chi connectivity index (χ0v) is 10.7. The maximum Gasteiger partial charge on any atom is 0.134 e. The first-order valence-corrected chi connectivity index (χ1v) is 6.43. The van der Waals surface area contributed by atoms with E-state index in [1.54, 1.807) is 0 Å². The summed E-state index contributed by atoms with van der Waals surface area (Å²) in [4.78, 5) is 0. The zero-order chi connectivity index (χ0) is 12.3. The Morgan fingerprint density at radius 2 is 2.00 bits per heavy atom. The lowest BCUT2D eigenvalue weighted by Gasteiger charge is -2.18. The number of furan rings is 1. The quantitative estimate of drug-likeness (QED) is 0.810. The minimum absolute atomic E-state index is 0.565. The second kappa shape index (κ2) is 5.37. The Hall–Kier alpha value is -1.28. The molecule has 1 aromatic carbocycles. The van der Waals surface area contributed by atoms with E-state index >= 15 is 0 Å². The Morgan fingerprint density at radius 3 is 2.53 bits per heavy atom. The van der Waals surface area contributed by atoms with Crippen LogP contribution in [0.4, 0.5) is 0 Å². The van der Waals surface area contributed by atoms with Gasteiger partial charge in [0.1, 0.15) is 11.3 Å². The minimum atomic E-state index is 0.565. The molecule has 0 saturated heterocycles. The number of hydrogen-bond acceptors (Lipinski definition) is 2. The summed E-state index contributed by atoms with van der Waals surface area (Å²) in [5, 5.41) is 1.20. The molecule has 1 fully saturated rings. The highest BCUT2D eigenvalue weighted by Crippen LogP contribution is 2.20. The monoisotopic (exact) mass is 231 g/mol. The van der Waals surface area contributed by atoms with Crippen LogP contribution in [0.2, 0.25) is 0 Å². The molecule has 92 valence electrons. The molecule has 2 aromatic rings. The molecule has 2 nitrogen and oxygen atoms in total. The second-order valence-electron chi connectivity index (χ2n) is 4.77. The molecular formula is C15H21NO. The number of aryl methyl sites for hydroxylation is 2. The van der Waals surface area contributed by atoms with Crippen molar-refractivity contribution < 1.29 is 4.42 Å². The number of benzene rings is 1. The van der Waals surface area contributed by atoms with Crippen molar-refractivity contribution in [2.45, 2.75) is 45.6 Å². The van der Waals surface area contributed by atoms with Gasteiger partial charge in [-0.05, 0) is 43.9 Å². The van der Waals surface area contributed by atoms with Crippen LogP contribution in [0.3, 0.4) is 0 Å². The van der Waals surface area contributed by atoms with E-state index < -0.39 is 0 Å². The molecule has 0 aliphatic heterocycles. The molecule has 1 aromatic heterocycles. The van der Waals surface area contributed by atoms with E-state index in [4.69, 9.17) is 10.2 Å². The van der Waals surface area contributed by atoms with Crippen molar-refractivity contribution >= 4 is 11.0 Å². The first-order chi connectivity index (χ1) is 8.19. The molecule has 0 amide bonds. The minimum Gasteiger partial charge on any atom is -0.461 e. The molecular weight excluding hydrogens is 210 g/mol. The first kappa shape index (κ1) is 12.2. The van der Waals surface area contributed by atoms with E-state index in [1.165, 1.54) is 30.2 Å². The van der Waals surface area contributed by atoms with E-state index in [0.29, 0.717) is 6.04 Å². The van der Waals surface area contributed by atoms with Crippen molar-refractivity contribution in [1.29, 1.82) is 0 Å². The molecule has 2 N–H and O–H groups in total. The fourth-order valence-electron chi connectivity index (χ4n) is 1.87. The largest absolute Gasteiger partial charge is 0.461 e. The van der Waals surface area contributed by atoms with Crippen molar-refractivity contribution in [1.82, 2.24) is 0 Å². The maximum atomic E-state index is 5.51. The molecule has 17 heavy (non-hydrogen) atoms. The van der Waals surface area contributed by atoms with Crippen LogP contribution in [0, 0.1) is 6.92 Å². The summed E-state index contributed by atoms with van der Waals surface area (Å²) in [5.41, 5.74) is 7.72. The van der Waals surface area contributed by atoms with Crippen molar-refractivity contribution in [3.05, 3.63) is 35.6 Å². The molecule has 2 heteroatoms. The topological polar surface area (TPSA) is 39.2 Å². The molecule has 1 aliphatic carbocycles. The third-order valence-corrected chi connectivity index (χ3v) is 3.27. The summed E-state index contributed by atoms with van der Waals surface area (Å²) in [7, 11) is 0. The van der Waals surface area contributed by atoms with Crippen LogP contribution < -0.4 is 5.73 Å². The highest BCUT2D eigenvalue weighted by atomic mass is 16.3. The lowest BCUT2D eigenvalue weighted by atomic mass is 9.95. The Labute approximate surface area is 103 Å². The van der Waals surface area contributed by atoms with Crippen LogP contribution in [-0.2, 0) is 6.42 Å². The Morgan fingerprint density at radius 1 is 1.29 bits per heavy atom. The van der Waals surface area contributed by atoms with Gasteiger partial charge in [-0.25, -0.2) is 0 Å². The second-order valence-corrected chi connectivity index (χ2v) is 4.77. The van der Waals surface area contributed by atoms with Gasteiger partial charge in [0.15, 0.2) is 0 Å². The van der Waals surface area contributed by atoms with Crippen LogP contribution in [0.5, 0.6) is 0 Å². The molecule has 0 spiro atoms. The summed E-state index contributed by atoms with van der Waals surface area (Å²) in [5.74, 6) is 0.984. The van der Waals surface area contributed by atoms with E-state index in [-0.39, 0.29) is 0 Å². The predicted molar refractivity (Wildman–Crippen MR) is 72.2 cm³/mol. The average molecular weight is 231 g/mol. The van der Waals surface area contributed by atoms with Gasteiger partial charge in [-0.1, -0.05) is 25.5 Å². The molecule has 1 aliphatic rings. The van der Waals surface area contributed by atoms with E-state index in [9.17, 15) is 0 Å². The van der Waals surface area contributed by atoms with Gasteiger partial charge in [-0.3, -0.25) is 0 Å². The van der Waals surface area contributed by atoms with Gasteiger partial charge in [0.25, 0.3) is 0 Å². The van der Waals surface area contributed by atoms with Gasteiger partial charge in [-0.15, -0.1) is 0 Å². The van der Waals surface area contributed by atoms with Crippen molar-refractivity contribution in [2.24, 2.45) is 5.73 Å². The molecule has 0 bridgehead atoms. The third kappa shape index (κ3) is 3.10. The number of fused-ring (bicyclic) bond motifs is 1. The fourth-order valence-corrected chi connectivity index (χ4v) is 1.87. The van der Waals surface area contributed by atoms with Gasteiger partial charge in [-0.2, -0.15) is 0 Å². The Bertz CT molecular complexity index is 483. The average Bonchev–Trinajstić information content (AvgIpc) is 2.66. The Balaban J connectivity index is 0.000000181. The highest BCUT2D eigenvalue weighted by Gasteiger charge is 2.09. The maximum absolute atomic E-state index is 5.51. The lowest BCUT2D eigenvalue weighted by Crippen LogP contribution is -2.27. The van der Waals surface area contributed by atoms with Crippen LogP contribution in [0.15, 0.2) is 28.7 Å². The van der Waals surface area contributed by atoms with Crippen LogP contribution in [0.25, 0.3) is 11.0 Å². The van der Waals surface area contributed by atoms with Crippen LogP contribution in [-0.4, -0.2) is 6.04 Å². The zero-order valence-electron chi connectivity index (χ0n) is 10.7. The first-order valence-electron chi connectivity index (χ1n) is 6.43. The van der Waals surface area contributed by atoms with Crippen molar-refractivity contribution in [3.63, 3.8) is 0 Å². The summed E-state index contributed by atoms with van der Waals surface area (Å²) in [6.07, 6.45) is 4.96. The van der Waals surface area contributed by atoms with Gasteiger partial charge in [0.05, 0.1) is 0 Å². The molecule has 3 rings (SSSR count). The van der Waals surface area contributed by atoms with Crippen LogP contribution in [0.1, 0.15) is 37.5 Å². The van der Waals surface area contributed by atoms with E-state index in [1.807, 2.05) is 6.92 Å². The van der Waals surface area contributed by atoms with Gasteiger partial charge in [0.2, 0.25) is 0 Å². The molecule has 0 atom stereocenters. The number of nitrogens with two attached hydrogens (primary N) is 1. The fraction of sp³-hybridized carbons (Fsp3) is 0.467. The lowest BCUT2D eigenvalue weighted by molar-refractivity contribution is 0.418. The third-order valence-electron chi connectivity index (χ3n) is 3.27. The summed E-state index contributed by atoms with van der Waals surface area (Å²) in [6.45, 7) is 4.13. The normalized spacial score (nSPS) is 15.2. The van der Waals surface area contributed by atoms with Gasteiger partial charge >= 0.3 is 0 Å². The smallest absolute Gasteiger partial charge is 0.134 e. The molecule has 1 heterocycles. The summed E-state index contributed by atoms with van der Waals surface area (Å²) < 4.78 is 5.51. The summed E-state index contributed by atoms with van der Waals surface area (Å²) in [6, 6.07) is 9.01.